The van der Waals surface area contributed by atoms with Crippen LogP contribution in [0.2, 0.25) is 0 Å². The van der Waals surface area contributed by atoms with E-state index in [9.17, 15) is 4.79 Å². The summed E-state index contributed by atoms with van der Waals surface area (Å²) in [5.41, 5.74) is 2.25. The fraction of sp³-hybridized carbons (Fsp3) is 0.444. The highest BCUT2D eigenvalue weighted by Crippen LogP contribution is 2.33. The van der Waals surface area contributed by atoms with Gasteiger partial charge in [-0.15, -0.1) is 11.3 Å². The molecule has 1 aromatic heterocycles. The molecular weight excluding hydrogens is 292 g/mol. The molecule has 0 radical (unpaired) electrons. The zero-order valence-corrected chi connectivity index (χ0v) is 14.0. The largest absolute Gasteiger partial charge is 0.342 e. The molecule has 3 rings (SSSR count). The zero-order valence-electron chi connectivity index (χ0n) is 13.2. The number of carbonyl (C=O) groups is 1. The Kier molecular flexibility index (Phi) is 4.57. The summed E-state index contributed by atoms with van der Waals surface area (Å²) >= 11 is 1.75. The monoisotopic (exact) mass is 314 g/mol. The van der Waals surface area contributed by atoms with E-state index in [-0.39, 0.29) is 11.8 Å². The van der Waals surface area contributed by atoms with E-state index in [1.54, 1.807) is 11.3 Å². The minimum Gasteiger partial charge on any atom is -0.342 e. The van der Waals surface area contributed by atoms with Crippen LogP contribution in [0.3, 0.4) is 0 Å². The Morgan fingerprint density at radius 1 is 1.23 bits per heavy atom. The van der Waals surface area contributed by atoms with Gasteiger partial charge in [0.2, 0.25) is 5.91 Å². The van der Waals surface area contributed by atoms with Crippen molar-refractivity contribution in [1.29, 1.82) is 0 Å². The topological polar surface area (TPSA) is 33.2 Å². The van der Waals surface area contributed by atoms with Crippen LogP contribution in [0.1, 0.15) is 37.6 Å². The number of benzene rings is 1. The van der Waals surface area contributed by atoms with E-state index in [0.29, 0.717) is 5.92 Å². The molecule has 1 aliphatic heterocycles. The van der Waals surface area contributed by atoms with Gasteiger partial charge >= 0.3 is 0 Å². The molecule has 0 bridgehead atoms. The highest BCUT2D eigenvalue weighted by molar-refractivity contribution is 7.10. The SMILES string of the molecule is CC(C)C(=O)N1CCC(c2nc(-c3ccccc3)cs2)CC1. The molecule has 1 aromatic carbocycles. The molecule has 0 N–H and O–H groups in total. The predicted octanol–water partition coefficient (Wildman–Crippen LogP) is 4.17. The second-order valence-corrected chi connectivity index (χ2v) is 7.08. The van der Waals surface area contributed by atoms with Gasteiger partial charge in [-0.3, -0.25) is 4.79 Å². The quantitative estimate of drug-likeness (QED) is 0.852. The zero-order chi connectivity index (χ0) is 15.5. The van der Waals surface area contributed by atoms with Gasteiger partial charge in [0.1, 0.15) is 0 Å². The molecule has 22 heavy (non-hydrogen) atoms. The van der Waals surface area contributed by atoms with Gasteiger partial charge in [0.15, 0.2) is 0 Å². The third-order valence-corrected chi connectivity index (χ3v) is 5.25. The van der Waals surface area contributed by atoms with E-state index in [1.807, 2.05) is 36.9 Å². The van der Waals surface area contributed by atoms with Crippen LogP contribution >= 0.6 is 11.3 Å². The minimum absolute atomic E-state index is 0.0982. The second kappa shape index (κ2) is 6.61. The van der Waals surface area contributed by atoms with E-state index < -0.39 is 0 Å². The van der Waals surface area contributed by atoms with Crippen molar-refractivity contribution >= 4 is 17.2 Å². The molecule has 1 fully saturated rings. The maximum Gasteiger partial charge on any atom is 0.225 e. The lowest BCUT2D eigenvalue weighted by Crippen LogP contribution is -2.40. The summed E-state index contributed by atoms with van der Waals surface area (Å²) in [5, 5.41) is 3.37. The molecule has 4 heteroatoms. The van der Waals surface area contributed by atoms with E-state index in [4.69, 9.17) is 4.98 Å². The number of carbonyl (C=O) groups excluding carboxylic acids is 1. The van der Waals surface area contributed by atoms with Crippen LogP contribution in [0, 0.1) is 5.92 Å². The van der Waals surface area contributed by atoms with Crippen molar-refractivity contribution in [3.63, 3.8) is 0 Å². The van der Waals surface area contributed by atoms with Crippen LogP contribution in [-0.2, 0) is 4.79 Å². The van der Waals surface area contributed by atoms with Gasteiger partial charge in [-0.25, -0.2) is 4.98 Å². The first-order chi connectivity index (χ1) is 10.6. The summed E-state index contributed by atoms with van der Waals surface area (Å²) in [5.74, 6) is 0.877. The molecule has 1 saturated heterocycles. The molecular formula is C18H22N2OS. The molecule has 0 atom stereocenters. The van der Waals surface area contributed by atoms with E-state index in [0.717, 1.165) is 31.6 Å². The lowest BCUT2D eigenvalue weighted by molar-refractivity contribution is -0.135. The third-order valence-electron chi connectivity index (χ3n) is 4.24. The van der Waals surface area contributed by atoms with Crippen LogP contribution in [0.4, 0.5) is 0 Å². The fourth-order valence-electron chi connectivity index (χ4n) is 2.93. The Morgan fingerprint density at radius 2 is 1.91 bits per heavy atom. The lowest BCUT2D eigenvalue weighted by Gasteiger charge is -2.32. The summed E-state index contributed by atoms with van der Waals surface area (Å²) in [7, 11) is 0. The van der Waals surface area contributed by atoms with E-state index in [1.165, 1.54) is 10.6 Å². The molecule has 0 spiro atoms. The Bertz CT molecular complexity index is 628. The van der Waals surface area contributed by atoms with Gasteiger partial charge in [-0.1, -0.05) is 44.2 Å². The minimum atomic E-state index is 0.0982. The van der Waals surface area contributed by atoms with Gasteiger partial charge in [0.05, 0.1) is 10.7 Å². The third kappa shape index (κ3) is 3.22. The number of thiazole rings is 1. The van der Waals surface area contributed by atoms with Gasteiger partial charge in [0, 0.05) is 35.9 Å². The molecule has 116 valence electrons. The van der Waals surface area contributed by atoms with Crippen LogP contribution < -0.4 is 0 Å². The number of nitrogens with zero attached hydrogens (tertiary/aromatic N) is 2. The molecule has 1 aliphatic rings. The summed E-state index contributed by atoms with van der Waals surface area (Å²) in [6.07, 6.45) is 2.06. The van der Waals surface area contributed by atoms with Crippen molar-refractivity contribution < 1.29 is 4.79 Å². The smallest absolute Gasteiger partial charge is 0.225 e. The number of hydrogen-bond acceptors (Lipinski definition) is 3. The molecule has 0 aliphatic carbocycles. The van der Waals surface area contributed by atoms with Crippen molar-refractivity contribution in [3.8, 4) is 11.3 Å². The van der Waals surface area contributed by atoms with Gasteiger partial charge in [-0.05, 0) is 12.8 Å². The molecule has 2 aromatic rings. The summed E-state index contributed by atoms with van der Waals surface area (Å²) < 4.78 is 0. The average Bonchev–Trinajstić information content (AvgIpc) is 3.05. The van der Waals surface area contributed by atoms with E-state index >= 15 is 0 Å². The fourth-order valence-corrected chi connectivity index (χ4v) is 3.93. The van der Waals surface area contributed by atoms with Gasteiger partial charge in [-0.2, -0.15) is 0 Å². The van der Waals surface area contributed by atoms with E-state index in [2.05, 4.69) is 17.5 Å². The number of aromatic nitrogens is 1. The number of rotatable bonds is 3. The Labute approximate surface area is 136 Å². The normalized spacial score (nSPS) is 16.2. The highest BCUT2D eigenvalue weighted by atomic mass is 32.1. The average molecular weight is 314 g/mol. The molecule has 0 unspecified atom stereocenters. The molecule has 1 amide bonds. The predicted molar refractivity (Wildman–Crippen MR) is 90.9 cm³/mol. The molecule has 2 heterocycles. The van der Waals surface area contributed by atoms with Gasteiger partial charge in [0.25, 0.3) is 0 Å². The lowest BCUT2D eigenvalue weighted by atomic mass is 9.96. The van der Waals surface area contributed by atoms with Crippen molar-refractivity contribution in [3.05, 3.63) is 40.7 Å². The Balaban J connectivity index is 1.65. The first-order valence-corrected chi connectivity index (χ1v) is 8.82. The second-order valence-electron chi connectivity index (χ2n) is 6.19. The van der Waals surface area contributed by atoms with Crippen molar-refractivity contribution in [1.82, 2.24) is 9.88 Å². The van der Waals surface area contributed by atoms with Crippen LogP contribution in [-0.4, -0.2) is 28.9 Å². The summed E-state index contributed by atoms with van der Waals surface area (Å²) in [6, 6.07) is 10.3. The van der Waals surface area contributed by atoms with Crippen LogP contribution in [0.5, 0.6) is 0 Å². The first kappa shape index (κ1) is 15.2. The van der Waals surface area contributed by atoms with Crippen molar-refractivity contribution in [2.24, 2.45) is 5.92 Å². The maximum absolute atomic E-state index is 12.0. The Hall–Kier alpha value is -1.68. The number of piperidine rings is 1. The summed E-state index contributed by atoms with van der Waals surface area (Å²) in [6.45, 7) is 5.67. The summed E-state index contributed by atoms with van der Waals surface area (Å²) in [4.78, 5) is 18.9. The number of amides is 1. The molecule has 0 saturated carbocycles. The standard InChI is InChI=1S/C18H22N2OS/c1-13(2)18(21)20-10-8-15(9-11-20)17-19-16(12-22-17)14-6-4-3-5-7-14/h3-7,12-13,15H,8-11H2,1-2H3. The maximum atomic E-state index is 12.0. The van der Waals surface area contributed by atoms with Crippen LogP contribution in [0.15, 0.2) is 35.7 Å². The van der Waals surface area contributed by atoms with Gasteiger partial charge < -0.3 is 4.90 Å². The highest BCUT2D eigenvalue weighted by Gasteiger charge is 2.26. The Morgan fingerprint density at radius 3 is 2.55 bits per heavy atom. The number of hydrogen-bond donors (Lipinski definition) is 0. The molecule has 3 nitrogen and oxygen atoms in total. The number of likely N-dealkylation sites (tertiary alicyclic amines) is 1. The van der Waals surface area contributed by atoms with Crippen LogP contribution in [0.25, 0.3) is 11.3 Å². The van der Waals surface area contributed by atoms with Crippen molar-refractivity contribution in [2.45, 2.75) is 32.6 Å². The first-order valence-electron chi connectivity index (χ1n) is 7.95. The van der Waals surface area contributed by atoms with Crippen molar-refractivity contribution in [2.75, 3.05) is 13.1 Å².